The molecule has 10 heteroatoms. The van der Waals surface area contributed by atoms with Gasteiger partial charge in [0.2, 0.25) is 0 Å². The largest absolute Gasteiger partial charge is 0.342 e. The van der Waals surface area contributed by atoms with E-state index in [2.05, 4.69) is 15.1 Å². The highest BCUT2D eigenvalue weighted by Crippen LogP contribution is 2.36. The van der Waals surface area contributed by atoms with Gasteiger partial charge in [-0.15, -0.1) is 0 Å². The van der Waals surface area contributed by atoms with Crippen LogP contribution in [0.25, 0.3) is 22.3 Å². The van der Waals surface area contributed by atoms with E-state index in [1.807, 2.05) is 0 Å². The summed E-state index contributed by atoms with van der Waals surface area (Å²) in [6, 6.07) is 2.67. The molecule has 138 valence electrons. The smallest absolute Gasteiger partial charge is 0.258 e. The van der Waals surface area contributed by atoms with Crippen molar-refractivity contribution in [2.75, 3.05) is 13.1 Å². The average molecular weight is 381 g/mol. The molecule has 1 aliphatic rings. The van der Waals surface area contributed by atoms with Crippen LogP contribution in [-0.2, 0) is 17.1 Å². The summed E-state index contributed by atoms with van der Waals surface area (Å²) in [7, 11) is -2.23. The number of benzene rings is 1. The van der Waals surface area contributed by atoms with Crippen molar-refractivity contribution in [1.29, 1.82) is 0 Å². The summed E-state index contributed by atoms with van der Waals surface area (Å²) in [5, 5.41) is 4.43. The summed E-state index contributed by atoms with van der Waals surface area (Å²) >= 11 is 0. The number of aryl methyl sites for hydroxylation is 2. The molecule has 4 rings (SSSR count). The molecule has 0 aliphatic carbocycles. The van der Waals surface area contributed by atoms with Crippen LogP contribution >= 0.6 is 0 Å². The number of nitrogens with one attached hydrogen (secondary N) is 1. The Hall–Kier alpha value is -2.33. The van der Waals surface area contributed by atoms with E-state index in [1.54, 1.807) is 14.0 Å². The van der Waals surface area contributed by atoms with Crippen LogP contribution in [0.2, 0.25) is 0 Å². The second-order valence-corrected chi connectivity index (χ2v) is 8.81. The number of alkyl halides is 1. The molecule has 1 fully saturated rings. The van der Waals surface area contributed by atoms with E-state index in [4.69, 9.17) is 0 Å². The number of fused-ring (bicyclic) bond motifs is 1. The minimum Gasteiger partial charge on any atom is -0.342 e. The fourth-order valence-electron chi connectivity index (χ4n) is 3.25. The maximum Gasteiger partial charge on any atom is 0.258 e. The first-order valence-corrected chi connectivity index (χ1v) is 9.39. The first kappa shape index (κ1) is 17.1. The molecule has 7 nitrogen and oxygen atoms in total. The van der Waals surface area contributed by atoms with Gasteiger partial charge in [-0.05, 0) is 31.5 Å². The van der Waals surface area contributed by atoms with Crippen molar-refractivity contribution < 1.29 is 17.2 Å². The van der Waals surface area contributed by atoms with E-state index in [0.717, 1.165) is 4.31 Å². The van der Waals surface area contributed by atoms with Crippen molar-refractivity contribution >= 4 is 20.9 Å². The molecule has 3 heterocycles. The van der Waals surface area contributed by atoms with E-state index in [9.17, 15) is 17.2 Å². The molecular formula is C16H17F2N5O2S. The molecule has 1 saturated heterocycles. The first-order chi connectivity index (χ1) is 12.1. The van der Waals surface area contributed by atoms with E-state index in [1.165, 1.54) is 30.1 Å². The lowest BCUT2D eigenvalue weighted by atomic mass is 10.0. The van der Waals surface area contributed by atoms with Gasteiger partial charge >= 0.3 is 0 Å². The second-order valence-electron chi connectivity index (χ2n) is 6.90. The summed E-state index contributed by atoms with van der Waals surface area (Å²) in [5.41, 5.74) is -0.340. The Morgan fingerprint density at radius 1 is 1.31 bits per heavy atom. The molecule has 1 aliphatic heterocycles. The minimum absolute atomic E-state index is 0.0557. The number of H-pyrrole nitrogens is 1. The summed E-state index contributed by atoms with van der Waals surface area (Å²) in [6.45, 7) is 2.61. The van der Waals surface area contributed by atoms with Crippen molar-refractivity contribution in [2.24, 2.45) is 7.05 Å². The third kappa shape index (κ3) is 2.52. The van der Waals surface area contributed by atoms with Crippen molar-refractivity contribution in [1.82, 2.24) is 24.1 Å². The van der Waals surface area contributed by atoms with E-state index >= 15 is 0 Å². The van der Waals surface area contributed by atoms with Gasteiger partial charge in [-0.1, -0.05) is 0 Å². The van der Waals surface area contributed by atoms with Gasteiger partial charge in [0, 0.05) is 31.1 Å². The minimum atomic E-state index is -3.93. The average Bonchev–Trinajstić information content (AvgIpc) is 3.12. The zero-order valence-corrected chi connectivity index (χ0v) is 15.2. The van der Waals surface area contributed by atoms with E-state index in [-0.39, 0.29) is 23.6 Å². The summed E-state index contributed by atoms with van der Waals surface area (Å²) in [4.78, 5) is 6.82. The predicted octanol–water partition coefficient (Wildman–Crippen LogP) is 2.14. The molecule has 0 unspecified atom stereocenters. The van der Waals surface area contributed by atoms with Crippen molar-refractivity contribution in [3.8, 4) is 11.4 Å². The van der Waals surface area contributed by atoms with Gasteiger partial charge in [0.1, 0.15) is 22.8 Å². The van der Waals surface area contributed by atoms with Crippen LogP contribution in [0.4, 0.5) is 8.78 Å². The van der Waals surface area contributed by atoms with Crippen LogP contribution in [0.5, 0.6) is 0 Å². The fourth-order valence-corrected chi connectivity index (χ4v) is 4.90. The maximum atomic E-state index is 14.4. The van der Waals surface area contributed by atoms with Crippen molar-refractivity contribution in [3.05, 3.63) is 29.8 Å². The highest BCUT2D eigenvalue weighted by Gasteiger charge is 2.46. The number of halogens is 2. The van der Waals surface area contributed by atoms with Gasteiger partial charge in [0.05, 0.1) is 5.52 Å². The van der Waals surface area contributed by atoms with Gasteiger partial charge in [-0.3, -0.25) is 4.68 Å². The zero-order chi connectivity index (χ0) is 18.9. The number of rotatable bonds is 3. The van der Waals surface area contributed by atoms with E-state index in [0.29, 0.717) is 22.3 Å². The van der Waals surface area contributed by atoms with Crippen LogP contribution in [0, 0.1) is 12.7 Å². The SMILES string of the molecule is Cc1cc(F)c2[nH]c(S(=O)(=O)N3CC(C)(F)C3)cc2c1-c1ncn(C)n1. The van der Waals surface area contributed by atoms with Gasteiger partial charge < -0.3 is 4.98 Å². The molecular weight excluding hydrogens is 364 g/mol. The molecule has 26 heavy (non-hydrogen) atoms. The number of aromatic amines is 1. The predicted molar refractivity (Wildman–Crippen MR) is 91.3 cm³/mol. The molecule has 1 aromatic carbocycles. The van der Waals surface area contributed by atoms with E-state index < -0.39 is 21.5 Å². The summed E-state index contributed by atoms with van der Waals surface area (Å²) in [5.74, 6) is -0.198. The molecule has 0 spiro atoms. The molecule has 2 aromatic heterocycles. The lowest BCUT2D eigenvalue weighted by molar-refractivity contribution is 0.0396. The molecule has 0 atom stereocenters. The normalized spacial score (nSPS) is 17.6. The third-order valence-electron chi connectivity index (χ3n) is 4.49. The Morgan fingerprint density at radius 2 is 2.00 bits per heavy atom. The molecule has 0 radical (unpaired) electrons. The Kier molecular flexibility index (Phi) is 3.51. The summed E-state index contributed by atoms with van der Waals surface area (Å²) in [6.07, 6.45) is 1.51. The topological polar surface area (TPSA) is 83.9 Å². The third-order valence-corrected chi connectivity index (χ3v) is 6.21. The number of aromatic nitrogens is 4. The Bertz CT molecular complexity index is 1130. The Labute approximate surface area is 148 Å². The lowest BCUT2D eigenvalue weighted by Crippen LogP contribution is -2.59. The highest BCUT2D eigenvalue weighted by atomic mass is 32.2. The Morgan fingerprint density at radius 3 is 2.58 bits per heavy atom. The molecule has 0 saturated carbocycles. The monoisotopic (exact) mass is 381 g/mol. The van der Waals surface area contributed by atoms with Crippen LogP contribution in [0.3, 0.4) is 0 Å². The summed E-state index contributed by atoms with van der Waals surface area (Å²) < 4.78 is 56.1. The van der Waals surface area contributed by atoms with Crippen molar-refractivity contribution in [2.45, 2.75) is 24.5 Å². The number of hydrogen-bond acceptors (Lipinski definition) is 4. The number of sulfonamides is 1. The zero-order valence-electron chi connectivity index (χ0n) is 14.4. The van der Waals surface area contributed by atoms with Gasteiger partial charge in [-0.25, -0.2) is 22.2 Å². The lowest BCUT2D eigenvalue weighted by Gasteiger charge is -2.40. The quantitative estimate of drug-likeness (QED) is 0.753. The highest BCUT2D eigenvalue weighted by molar-refractivity contribution is 7.89. The second kappa shape index (κ2) is 5.34. The van der Waals surface area contributed by atoms with Crippen molar-refractivity contribution in [3.63, 3.8) is 0 Å². The molecule has 0 amide bonds. The van der Waals surface area contributed by atoms with Crippen LogP contribution in [0.1, 0.15) is 12.5 Å². The number of nitrogens with zero attached hydrogens (tertiary/aromatic N) is 4. The fraction of sp³-hybridized carbons (Fsp3) is 0.375. The van der Waals surface area contributed by atoms with Crippen LogP contribution in [0.15, 0.2) is 23.5 Å². The molecule has 3 aromatic rings. The molecule has 0 bridgehead atoms. The Balaban J connectivity index is 1.89. The standard InChI is InChI=1S/C16H17F2N5O2S/c1-9-4-11(17)14-10(13(9)15-19-8-22(3)21-15)5-12(20-14)26(24,25)23-6-16(2,18)7-23/h4-5,8,20H,6-7H2,1-3H3. The van der Waals surface area contributed by atoms with Crippen LogP contribution < -0.4 is 0 Å². The first-order valence-electron chi connectivity index (χ1n) is 7.95. The number of hydrogen-bond donors (Lipinski definition) is 1. The van der Waals surface area contributed by atoms with Crippen LogP contribution in [-0.4, -0.2) is 51.2 Å². The molecule has 1 N–H and O–H groups in total. The van der Waals surface area contributed by atoms with Gasteiger partial charge in [0.15, 0.2) is 5.82 Å². The van der Waals surface area contributed by atoms with Gasteiger partial charge in [0.25, 0.3) is 10.0 Å². The van der Waals surface area contributed by atoms with Gasteiger partial charge in [-0.2, -0.15) is 9.40 Å². The maximum absolute atomic E-state index is 14.4.